The summed E-state index contributed by atoms with van der Waals surface area (Å²) in [5, 5.41) is 9.88. The number of nitrogens with zero attached hydrogens (tertiary/aromatic N) is 2. The Hall–Kier alpha value is -7.55. The zero-order chi connectivity index (χ0) is 38.9. The summed E-state index contributed by atoms with van der Waals surface area (Å²) >= 11 is 0. The molecule has 2 heterocycles. The minimum Gasteiger partial charge on any atom is -0.309 e. The van der Waals surface area contributed by atoms with Gasteiger partial charge in [-0.3, -0.25) is 4.98 Å². The Morgan fingerprint density at radius 3 is 1.90 bits per heavy atom. The quantitative estimate of drug-likeness (QED) is 0.160. The van der Waals surface area contributed by atoms with Crippen LogP contribution in [0, 0.1) is 0 Å². The lowest BCUT2D eigenvalue weighted by molar-refractivity contribution is 0.986. The topological polar surface area (TPSA) is 17.8 Å². The molecule has 2 aromatic heterocycles. The van der Waals surface area contributed by atoms with E-state index in [1.807, 2.05) is 6.20 Å². The Morgan fingerprint density at radius 1 is 0.424 bits per heavy atom. The van der Waals surface area contributed by atoms with Crippen molar-refractivity contribution in [2.24, 2.45) is 0 Å². The van der Waals surface area contributed by atoms with E-state index in [0.29, 0.717) is 0 Å². The SMILES string of the molecule is C1=Cc2cc(-c3c4ccccc4c(-c4ccc5ccccc5c4)c4ccc(-c5ccc6c(c5)c5c(-c7ccccc7)nccc5n6-c5ccccc5)cc34)ccc2CC1. The summed E-state index contributed by atoms with van der Waals surface area (Å²) in [5.41, 5.74) is 15.7. The van der Waals surface area contributed by atoms with Gasteiger partial charge in [-0.2, -0.15) is 0 Å². The molecule has 59 heavy (non-hydrogen) atoms. The first-order valence-electron chi connectivity index (χ1n) is 20.6. The monoisotopic (exact) mass is 750 g/mol. The predicted molar refractivity (Wildman–Crippen MR) is 250 cm³/mol. The van der Waals surface area contributed by atoms with Crippen molar-refractivity contribution in [3.63, 3.8) is 0 Å². The Balaban J connectivity index is 1.15. The van der Waals surface area contributed by atoms with Crippen LogP contribution in [0.5, 0.6) is 0 Å². The van der Waals surface area contributed by atoms with Crippen molar-refractivity contribution in [1.29, 1.82) is 0 Å². The van der Waals surface area contributed by atoms with Gasteiger partial charge in [-0.15, -0.1) is 0 Å². The Kier molecular flexibility index (Phi) is 7.71. The molecule has 0 bridgehead atoms. The second kappa shape index (κ2) is 13.5. The van der Waals surface area contributed by atoms with Crippen LogP contribution in [0.3, 0.4) is 0 Å². The average Bonchev–Trinajstić information content (AvgIpc) is 3.65. The highest BCUT2D eigenvalue weighted by Gasteiger charge is 2.21. The van der Waals surface area contributed by atoms with E-state index < -0.39 is 0 Å². The van der Waals surface area contributed by atoms with Gasteiger partial charge in [-0.25, -0.2) is 0 Å². The molecule has 2 nitrogen and oxygen atoms in total. The molecule has 0 saturated carbocycles. The lowest BCUT2D eigenvalue weighted by Gasteiger charge is -2.20. The largest absolute Gasteiger partial charge is 0.309 e. The third kappa shape index (κ3) is 5.45. The number of pyridine rings is 1. The Labute approximate surface area is 343 Å². The molecule has 9 aromatic carbocycles. The van der Waals surface area contributed by atoms with Crippen molar-refractivity contribution >= 4 is 60.2 Å². The van der Waals surface area contributed by atoms with Crippen LogP contribution in [0.4, 0.5) is 0 Å². The predicted octanol–water partition coefficient (Wildman–Crippen LogP) is 15.3. The summed E-state index contributed by atoms with van der Waals surface area (Å²) in [6, 6.07) is 69.3. The fourth-order valence-corrected chi connectivity index (χ4v) is 9.72. The molecule has 0 radical (unpaired) electrons. The molecule has 0 amide bonds. The Morgan fingerprint density at radius 2 is 1.07 bits per heavy atom. The summed E-state index contributed by atoms with van der Waals surface area (Å²) in [7, 11) is 0. The molecule has 0 atom stereocenters. The number of para-hydroxylation sites is 1. The van der Waals surface area contributed by atoms with E-state index in [-0.39, 0.29) is 0 Å². The third-order valence-electron chi connectivity index (χ3n) is 12.4. The number of benzene rings is 9. The standard InChI is InChI=1S/C57H38N2/c1-3-15-39(16-4-1)57-56-51-36-43(28-30-52(51)59(53(56)31-32-58-57)46-19-5-2-6-20-46)42-27-29-49-50(35-42)55(45-26-24-38-14-8-10-18-41(38)34-45)48-22-12-11-21-47(48)54(49)44-25-23-37-13-7-9-17-40(37)33-44/h1-7,9-13,15-36H,8,14H2. The lowest BCUT2D eigenvalue weighted by Crippen LogP contribution is -1.96. The van der Waals surface area contributed by atoms with E-state index in [0.717, 1.165) is 46.2 Å². The van der Waals surface area contributed by atoms with Crippen LogP contribution in [0.2, 0.25) is 0 Å². The molecule has 1 aliphatic rings. The lowest BCUT2D eigenvalue weighted by atomic mass is 9.83. The van der Waals surface area contributed by atoms with Crippen LogP contribution in [0.1, 0.15) is 17.5 Å². The van der Waals surface area contributed by atoms with E-state index in [4.69, 9.17) is 4.98 Å². The van der Waals surface area contributed by atoms with Crippen molar-refractivity contribution < 1.29 is 0 Å². The molecule has 11 aromatic rings. The van der Waals surface area contributed by atoms with E-state index in [2.05, 4.69) is 205 Å². The van der Waals surface area contributed by atoms with Gasteiger partial charge in [0.25, 0.3) is 0 Å². The van der Waals surface area contributed by atoms with Gasteiger partial charge in [0.2, 0.25) is 0 Å². The van der Waals surface area contributed by atoms with Crippen LogP contribution >= 0.6 is 0 Å². The molecule has 12 rings (SSSR count). The van der Waals surface area contributed by atoms with Gasteiger partial charge in [0.1, 0.15) is 0 Å². The highest BCUT2D eigenvalue weighted by atomic mass is 15.0. The summed E-state index contributed by atoms with van der Waals surface area (Å²) < 4.78 is 2.38. The molecule has 276 valence electrons. The summed E-state index contributed by atoms with van der Waals surface area (Å²) in [6.07, 6.45) is 8.75. The first kappa shape index (κ1) is 33.6. The van der Waals surface area contributed by atoms with Gasteiger partial charge in [-0.05, 0) is 138 Å². The molecule has 0 spiro atoms. The maximum Gasteiger partial charge on any atom is 0.0802 e. The van der Waals surface area contributed by atoms with Gasteiger partial charge in [0.15, 0.2) is 0 Å². The van der Waals surface area contributed by atoms with Crippen LogP contribution in [-0.2, 0) is 6.42 Å². The molecule has 0 aliphatic heterocycles. The number of hydrogen-bond acceptors (Lipinski definition) is 1. The van der Waals surface area contributed by atoms with Gasteiger partial charge in [0, 0.05) is 28.2 Å². The van der Waals surface area contributed by atoms with Gasteiger partial charge in [-0.1, -0.05) is 152 Å². The second-order valence-corrected chi connectivity index (χ2v) is 15.8. The van der Waals surface area contributed by atoms with Crippen molar-refractivity contribution in [1.82, 2.24) is 9.55 Å². The minimum absolute atomic E-state index is 0.994. The fourth-order valence-electron chi connectivity index (χ4n) is 9.72. The van der Waals surface area contributed by atoms with E-state index >= 15 is 0 Å². The number of allylic oxidation sites excluding steroid dienone is 1. The van der Waals surface area contributed by atoms with Crippen molar-refractivity contribution in [2.75, 3.05) is 0 Å². The molecule has 0 saturated heterocycles. The fraction of sp³-hybridized carbons (Fsp3) is 0.0351. The molecular weight excluding hydrogens is 713 g/mol. The van der Waals surface area contributed by atoms with Crippen LogP contribution in [0.15, 0.2) is 200 Å². The zero-order valence-electron chi connectivity index (χ0n) is 32.4. The number of aromatic nitrogens is 2. The second-order valence-electron chi connectivity index (χ2n) is 15.8. The highest BCUT2D eigenvalue weighted by molar-refractivity contribution is 6.23. The molecular formula is C57H38N2. The van der Waals surface area contributed by atoms with Gasteiger partial charge in [0.05, 0.1) is 16.7 Å². The van der Waals surface area contributed by atoms with Crippen molar-refractivity contribution in [2.45, 2.75) is 12.8 Å². The number of fused-ring (bicyclic) bond motifs is 7. The minimum atomic E-state index is 0.994. The summed E-state index contributed by atoms with van der Waals surface area (Å²) in [6.45, 7) is 0. The maximum absolute atomic E-state index is 5.02. The van der Waals surface area contributed by atoms with Crippen LogP contribution in [-0.4, -0.2) is 9.55 Å². The van der Waals surface area contributed by atoms with Crippen LogP contribution < -0.4 is 0 Å². The van der Waals surface area contributed by atoms with Crippen molar-refractivity contribution in [3.8, 4) is 50.3 Å². The summed E-state index contributed by atoms with van der Waals surface area (Å²) in [5.74, 6) is 0. The van der Waals surface area contributed by atoms with E-state index in [9.17, 15) is 0 Å². The highest BCUT2D eigenvalue weighted by Crippen LogP contribution is 2.47. The third-order valence-corrected chi connectivity index (χ3v) is 12.4. The molecule has 1 aliphatic carbocycles. The maximum atomic E-state index is 5.02. The average molecular weight is 751 g/mol. The number of hydrogen-bond donors (Lipinski definition) is 0. The molecule has 0 unspecified atom stereocenters. The molecule has 2 heteroatoms. The van der Waals surface area contributed by atoms with E-state index in [1.54, 1.807) is 0 Å². The summed E-state index contributed by atoms with van der Waals surface area (Å²) in [4.78, 5) is 5.02. The van der Waals surface area contributed by atoms with Gasteiger partial charge >= 0.3 is 0 Å². The van der Waals surface area contributed by atoms with E-state index in [1.165, 1.54) is 82.2 Å². The number of rotatable bonds is 5. The molecule has 0 N–H and O–H groups in total. The normalized spacial score (nSPS) is 12.5. The smallest absolute Gasteiger partial charge is 0.0802 e. The molecule has 0 fully saturated rings. The Bertz CT molecular complexity index is 3480. The first-order valence-corrected chi connectivity index (χ1v) is 20.6. The number of aryl methyl sites for hydroxylation is 1. The van der Waals surface area contributed by atoms with Gasteiger partial charge < -0.3 is 4.57 Å². The first-order chi connectivity index (χ1) is 29.3. The van der Waals surface area contributed by atoms with Crippen LogP contribution in [0.25, 0.3) is 111 Å². The zero-order valence-corrected chi connectivity index (χ0v) is 32.4. The van der Waals surface area contributed by atoms with Crippen molar-refractivity contribution in [3.05, 3.63) is 211 Å².